The van der Waals surface area contributed by atoms with Gasteiger partial charge in [0.25, 0.3) is 5.91 Å². The van der Waals surface area contributed by atoms with Crippen LogP contribution in [0, 0.1) is 6.92 Å². The molecule has 1 aromatic heterocycles. The summed E-state index contributed by atoms with van der Waals surface area (Å²) in [6.07, 6.45) is 1.70. The third-order valence-corrected chi connectivity index (χ3v) is 3.18. The first-order valence-electron chi connectivity index (χ1n) is 5.27. The van der Waals surface area contributed by atoms with Gasteiger partial charge in [-0.1, -0.05) is 0 Å². The first-order valence-corrected chi connectivity index (χ1v) is 6.09. The van der Waals surface area contributed by atoms with Gasteiger partial charge in [0.2, 0.25) is 0 Å². The summed E-state index contributed by atoms with van der Waals surface area (Å²) in [5.41, 5.74) is 6.55. The Labute approximate surface area is 109 Å². The fourth-order valence-electron chi connectivity index (χ4n) is 1.44. The van der Waals surface area contributed by atoms with Gasteiger partial charge in [-0.25, -0.2) is 4.98 Å². The van der Waals surface area contributed by atoms with E-state index >= 15 is 0 Å². The Kier molecular flexibility index (Phi) is 3.47. The van der Waals surface area contributed by atoms with Crippen LogP contribution in [0.1, 0.15) is 15.2 Å². The van der Waals surface area contributed by atoms with Crippen molar-refractivity contribution in [3.8, 4) is 5.75 Å². The van der Waals surface area contributed by atoms with Crippen LogP contribution in [0.3, 0.4) is 0 Å². The second-order valence-electron chi connectivity index (χ2n) is 3.68. The Morgan fingerprint density at radius 2 is 2.28 bits per heavy atom. The number of benzene rings is 1. The Morgan fingerprint density at radius 3 is 2.89 bits per heavy atom. The zero-order valence-corrected chi connectivity index (χ0v) is 10.9. The Bertz CT molecular complexity index is 580. The zero-order valence-electron chi connectivity index (χ0n) is 10.1. The molecule has 2 rings (SSSR count). The molecule has 1 heterocycles. The number of aromatic nitrogens is 1. The molecule has 3 N–H and O–H groups in total. The highest BCUT2D eigenvalue weighted by atomic mass is 32.1. The molecule has 6 heteroatoms. The number of aryl methyl sites for hydroxylation is 1. The summed E-state index contributed by atoms with van der Waals surface area (Å²) in [5.74, 6) is 0.297. The lowest BCUT2D eigenvalue weighted by Crippen LogP contribution is -2.13. The van der Waals surface area contributed by atoms with Gasteiger partial charge in [0.1, 0.15) is 5.75 Å². The van der Waals surface area contributed by atoms with Gasteiger partial charge in [-0.05, 0) is 25.1 Å². The number of carbonyl (C=O) groups excluding carboxylic acids is 1. The van der Waals surface area contributed by atoms with Crippen molar-refractivity contribution < 1.29 is 9.53 Å². The molecule has 0 spiro atoms. The fraction of sp³-hybridized carbons (Fsp3) is 0.167. The maximum Gasteiger partial charge on any atom is 0.259 e. The third kappa shape index (κ3) is 2.60. The molecule has 0 saturated carbocycles. The molecular formula is C12H13N3O2S. The van der Waals surface area contributed by atoms with E-state index in [0.29, 0.717) is 22.1 Å². The number of nitrogens with one attached hydrogen (secondary N) is 1. The number of nitrogens with zero attached hydrogens (tertiary/aromatic N) is 1. The highest BCUT2D eigenvalue weighted by molar-refractivity contribution is 7.15. The van der Waals surface area contributed by atoms with Gasteiger partial charge in [-0.3, -0.25) is 10.1 Å². The van der Waals surface area contributed by atoms with Crippen molar-refractivity contribution in [3.05, 3.63) is 34.8 Å². The zero-order chi connectivity index (χ0) is 13.1. The second-order valence-corrected chi connectivity index (χ2v) is 4.92. The molecule has 0 aliphatic carbocycles. The van der Waals surface area contributed by atoms with Crippen LogP contribution >= 0.6 is 11.3 Å². The lowest BCUT2D eigenvalue weighted by Gasteiger charge is -2.07. The molecule has 94 valence electrons. The first-order chi connectivity index (χ1) is 8.60. The van der Waals surface area contributed by atoms with Crippen LogP contribution < -0.4 is 15.8 Å². The minimum atomic E-state index is -0.291. The summed E-state index contributed by atoms with van der Waals surface area (Å²) in [5, 5.41) is 3.26. The average molecular weight is 263 g/mol. The molecule has 0 saturated heterocycles. The summed E-state index contributed by atoms with van der Waals surface area (Å²) in [6.45, 7) is 1.92. The van der Waals surface area contributed by atoms with E-state index in [1.54, 1.807) is 24.4 Å². The molecule has 0 unspecified atom stereocenters. The smallest absolute Gasteiger partial charge is 0.259 e. The highest BCUT2D eigenvalue weighted by Crippen LogP contribution is 2.22. The van der Waals surface area contributed by atoms with Crippen LogP contribution in [-0.4, -0.2) is 18.0 Å². The van der Waals surface area contributed by atoms with Crippen LogP contribution in [0.15, 0.2) is 24.4 Å². The number of methoxy groups -OCH3 is 1. The van der Waals surface area contributed by atoms with Gasteiger partial charge in [0.15, 0.2) is 5.13 Å². The van der Waals surface area contributed by atoms with Crippen molar-refractivity contribution >= 4 is 28.1 Å². The molecule has 0 aliphatic rings. The number of anilines is 2. The Hall–Kier alpha value is -2.08. The molecule has 0 radical (unpaired) electrons. The third-order valence-electron chi connectivity index (χ3n) is 2.35. The van der Waals surface area contributed by atoms with E-state index in [4.69, 9.17) is 10.5 Å². The lowest BCUT2D eigenvalue weighted by atomic mass is 10.1. The summed E-state index contributed by atoms with van der Waals surface area (Å²) < 4.78 is 5.07. The van der Waals surface area contributed by atoms with Crippen LogP contribution in [0.5, 0.6) is 5.75 Å². The predicted molar refractivity (Wildman–Crippen MR) is 72.2 cm³/mol. The van der Waals surface area contributed by atoms with E-state index in [1.807, 2.05) is 6.92 Å². The predicted octanol–water partition coefficient (Wildman–Crippen LogP) is 2.29. The Balaban J connectivity index is 2.23. The lowest BCUT2D eigenvalue weighted by molar-refractivity contribution is 0.102. The number of carbonyl (C=O) groups is 1. The number of hydrogen-bond donors (Lipinski definition) is 2. The largest absolute Gasteiger partial charge is 0.497 e. The van der Waals surface area contributed by atoms with Crippen LogP contribution in [0.25, 0.3) is 0 Å². The molecule has 18 heavy (non-hydrogen) atoms. The molecule has 1 aromatic carbocycles. The Morgan fingerprint density at radius 1 is 1.50 bits per heavy atom. The van der Waals surface area contributed by atoms with E-state index in [1.165, 1.54) is 18.4 Å². The molecule has 1 amide bonds. The normalized spacial score (nSPS) is 10.1. The van der Waals surface area contributed by atoms with Crippen molar-refractivity contribution in [1.29, 1.82) is 0 Å². The SMILES string of the molecule is COc1ccc(N)c(C(=O)Nc2ncc(C)s2)c1. The van der Waals surface area contributed by atoms with Crippen molar-refractivity contribution in [2.45, 2.75) is 6.92 Å². The molecule has 0 atom stereocenters. The number of ether oxygens (including phenoxy) is 1. The molecule has 2 aromatic rings. The van der Waals surface area contributed by atoms with Crippen molar-refractivity contribution in [3.63, 3.8) is 0 Å². The summed E-state index contributed by atoms with van der Waals surface area (Å²) in [7, 11) is 1.54. The quantitative estimate of drug-likeness (QED) is 0.833. The highest BCUT2D eigenvalue weighted by Gasteiger charge is 2.12. The standard InChI is InChI=1S/C12H13N3O2S/c1-7-6-14-12(18-7)15-11(16)9-5-8(17-2)3-4-10(9)13/h3-6H,13H2,1-2H3,(H,14,15,16). The van der Waals surface area contributed by atoms with Crippen molar-refractivity contribution in [2.24, 2.45) is 0 Å². The van der Waals surface area contributed by atoms with Gasteiger partial charge >= 0.3 is 0 Å². The van der Waals surface area contributed by atoms with E-state index in [9.17, 15) is 4.79 Å². The molecule has 0 aliphatic heterocycles. The first kappa shape index (κ1) is 12.4. The van der Waals surface area contributed by atoms with E-state index < -0.39 is 0 Å². The second kappa shape index (κ2) is 5.05. The van der Waals surface area contributed by atoms with Crippen LogP contribution in [0.4, 0.5) is 10.8 Å². The summed E-state index contributed by atoms with van der Waals surface area (Å²) in [4.78, 5) is 17.1. The van der Waals surface area contributed by atoms with E-state index in [0.717, 1.165) is 4.88 Å². The molecule has 5 nitrogen and oxygen atoms in total. The summed E-state index contributed by atoms with van der Waals surface area (Å²) in [6, 6.07) is 4.95. The van der Waals surface area contributed by atoms with Crippen molar-refractivity contribution in [2.75, 3.05) is 18.2 Å². The van der Waals surface area contributed by atoms with Gasteiger partial charge < -0.3 is 10.5 Å². The van der Waals surface area contributed by atoms with E-state index in [2.05, 4.69) is 10.3 Å². The van der Waals surface area contributed by atoms with Gasteiger partial charge in [0.05, 0.1) is 12.7 Å². The number of hydrogen-bond acceptors (Lipinski definition) is 5. The van der Waals surface area contributed by atoms with Gasteiger partial charge in [-0.15, -0.1) is 11.3 Å². The average Bonchev–Trinajstić information content (AvgIpc) is 2.75. The summed E-state index contributed by atoms with van der Waals surface area (Å²) >= 11 is 1.41. The maximum absolute atomic E-state index is 12.0. The molecule has 0 bridgehead atoms. The van der Waals surface area contributed by atoms with Gasteiger partial charge in [-0.2, -0.15) is 0 Å². The van der Waals surface area contributed by atoms with Crippen molar-refractivity contribution in [1.82, 2.24) is 4.98 Å². The maximum atomic E-state index is 12.0. The fourth-order valence-corrected chi connectivity index (χ4v) is 2.10. The number of thiazole rings is 1. The number of nitrogens with two attached hydrogens (primary N) is 1. The minimum Gasteiger partial charge on any atom is -0.497 e. The van der Waals surface area contributed by atoms with Crippen LogP contribution in [0.2, 0.25) is 0 Å². The number of nitrogen functional groups attached to an aromatic ring is 1. The monoisotopic (exact) mass is 263 g/mol. The topological polar surface area (TPSA) is 77.2 Å². The number of rotatable bonds is 3. The number of amides is 1. The minimum absolute atomic E-state index is 0.291. The van der Waals surface area contributed by atoms with Crippen LogP contribution in [-0.2, 0) is 0 Å². The molecule has 0 fully saturated rings. The van der Waals surface area contributed by atoms with E-state index in [-0.39, 0.29) is 5.91 Å². The molecular weight excluding hydrogens is 250 g/mol. The van der Waals surface area contributed by atoms with Gasteiger partial charge in [0, 0.05) is 16.8 Å².